The van der Waals surface area contributed by atoms with Crippen molar-refractivity contribution in [2.24, 2.45) is 0 Å². The van der Waals surface area contributed by atoms with Crippen molar-refractivity contribution < 1.29 is 14.3 Å². The van der Waals surface area contributed by atoms with Gasteiger partial charge in [-0.1, -0.05) is 84.0 Å². The second kappa shape index (κ2) is 6.23. The maximum atomic E-state index is 12.9. The minimum absolute atomic E-state index is 0.0245. The first-order valence-corrected chi connectivity index (χ1v) is 10.8. The summed E-state index contributed by atoms with van der Waals surface area (Å²) in [5.74, 6) is 1.19. The van der Waals surface area contributed by atoms with Crippen molar-refractivity contribution in [3.8, 4) is 11.5 Å². The van der Waals surface area contributed by atoms with Gasteiger partial charge in [-0.2, -0.15) is 0 Å². The van der Waals surface area contributed by atoms with Crippen molar-refractivity contribution in [1.29, 1.82) is 0 Å². The average molecular weight is 413 g/mol. The molecule has 0 aromatic heterocycles. The maximum Gasteiger partial charge on any atom is 0.340 e. The Morgan fingerprint density at radius 2 is 1.19 bits per heavy atom. The molecule has 158 valence electrons. The summed E-state index contributed by atoms with van der Waals surface area (Å²) in [5.41, 5.74) is 4.53. The lowest BCUT2D eigenvalue weighted by atomic mass is 9.75. The van der Waals surface area contributed by atoms with Crippen LogP contribution in [0.3, 0.4) is 0 Å². The normalized spacial score (nSPS) is 16.3. The van der Waals surface area contributed by atoms with Gasteiger partial charge < -0.3 is 9.47 Å². The van der Waals surface area contributed by atoms with Crippen molar-refractivity contribution in [3.63, 3.8) is 0 Å². The van der Waals surface area contributed by atoms with Crippen LogP contribution in [0.2, 0.25) is 0 Å². The molecule has 3 aromatic rings. The van der Waals surface area contributed by atoms with Gasteiger partial charge in [0.25, 0.3) is 0 Å². The van der Waals surface area contributed by atoms with E-state index in [0.717, 1.165) is 28.2 Å². The van der Waals surface area contributed by atoms with Gasteiger partial charge in [0, 0.05) is 16.7 Å². The van der Waals surface area contributed by atoms with Crippen molar-refractivity contribution in [1.82, 2.24) is 0 Å². The van der Waals surface area contributed by atoms with Crippen LogP contribution in [0.15, 0.2) is 60.7 Å². The third-order valence-corrected chi connectivity index (χ3v) is 6.45. The Morgan fingerprint density at radius 3 is 1.71 bits per heavy atom. The minimum Gasteiger partial charge on any atom is -0.456 e. The molecule has 31 heavy (non-hydrogen) atoms. The monoisotopic (exact) mass is 412 g/mol. The summed E-state index contributed by atoms with van der Waals surface area (Å²) >= 11 is 0. The van der Waals surface area contributed by atoms with Crippen LogP contribution in [0.5, 0.6) is 11.5 Å². The van der Waals surface area contributed by atoms with Crippen molar-refractivity contribution in [2.45, 2.75) is 58.0 Å². The fraction of sp³-hybridized carbons (Fsp3) is 0.321. The number of carbonyl (C=O) groups is 1. The van der Waals surface area contributed by atoms with Gasteiger partial charge in [-0.15, -0.1) is 0 Å². The second-order valence-electron chi connectivity index (χ2n) is 10.6. The third-order valence-electron chi connectivity index (χ3n) is 6.45. The van der Waals surface area contributed by atoms with Gasteiger partial charge in [0.1, 0.15) is 11.5 Å². The molecule has 0 saturated heterocycles. The number of hydrogen-bond donors (Lipinski definition) is 0. The minimum atomic E-state index is -0.997. The lowest BCUT2D eigenvalue weighted by Gasteiger charge is -2.38. The van der Waals surface area contributed by atoms with Crippen LogP contribution in [-0.4, -0.2) is 5.97 Å². The highest BCUT2D eigenvalue weighted by Crippen LogP contribution is 2.56. The molecule has 0 unspecified atom stereocenters. The van der Waals surface area contributed by atoms with Gasteiger partial charge in [0.15, 0.2) is 5.60 Å². The van der Waals surface area contributed by atoms with Crippen molar-refractivity contribution in [2.75, 3.05) is 0 Å². The summed E-state index contributed by atoms with van der Waals surface area (Å²) in [5, 5.41) is 0. The topological polar surface area (TPSA) is 35.5 Å². The van der Waals surface area contributed by atoms with E-state index in [4.69, 9.17) is 9.47 Å². The molecule has 3 aromatic carbocycles. The largest absolute Gasteiger partial charge is 0.456 e. The van der Waals surface area contributed by atoms with Crippen LogP contribution in [0.25, 0.3) is 0 Å². The molecule has 0 radical (unpaired) electrons. The quantitative estimate of drug-likeness (QED) is 0.379. The zero-order chi connectivity index (χ0) is 22.2. The molecule has 0 saturated carbocycles. The highest BCUT2D eigenvalue weighted by molar-refractivity contribution is 5.97. The molecule has 3 heteroatoms. The number of hydrogen-bond acceptors (Lipinski definition) is 3. The second-order valence-corrected chi connectivity index (χ2v) is 10.6. The van der Waals surface area contributed by atoms with Crippen LogP contribution < -0.4 is 4.74 Å². The molecule has 1 spiro atoms. The molecule has 2 heterocycles. The van der Waals surface area contributed by atoms with Gasteiger partial charge in [0.2, 0.25) is 0 Å². The molecule has 0 N–H and O–H groups in total. The highest BCUT2D eigenvalue weighted by atomic mass is 16.6. The predicted octanol–water partition coefficient (Wildman–Crippen LogP) is 6.85. The van der Waals surface area contributed by atoms with Gasteiger partial charge in [-0.25, -0.2) is 4.79 Å². The summed E-state index contributed by atoms with van der Waals surface area (Å²) < 4.78 is 12.7. The van der Waals surface area contributed by atoms with E-state index in [9.17, 15) is 4.79 Å². The van der Waals surface area contributed by atoms with Crippen LogP contribution >= 0.6 is 0 Å². The number of fused-ring (bicyclic) bond motifs is 6. The Kier molecular flexibility index (Phi) is 3.99. The van der Waals surface area contributed by atoms with E-state index in [-0.39, 0.29) is 16.8 Å². The fourth-order valence-electron chi connectivity index (χ4n) is 4.61. The van der Waals surface area contributed by atoms with E-state index >= 15 is 0 Å². The number of ether oxygens (including phenoxy) is 2. The average Bonchev–Trinajstić information content (AvgIpc) is 3.00. The molecular weight excluding hydrogens is 384 g/mol. The molecule has 0 amide bonds. The Labute approximate surface area is 184 Å². The van der Waals surface area contributed by atoms with Gasteiger partial charge in [-0.3, -0.25) is 0 Å². The number of carbonyl (C=O) groups excluding carboxylic acids is 1. The summed E-state index contributed by atoms with van der Waals surface area (Å²) in [7, 11) is 0. The first-order valence-electron chi connectivity index (χ1n) is 10.8. The lowest BCUT2D eigenvalue weighted by molar-refractivity contribution is 0.0224. The Balaban J connectivity index is 1.83. The Bertz CT molecular complexity index is 1160. The van der Waals surface area contributed by atoms with Crippen molar-refractivity contribution in [3.05, 3.63) is 94.0 Å². The SMILES string of the molecule is CC(C)(C)c1ccc2c(c1)Oc1cc(C(C)(C)C)ccc1C21OC(=O)c2ccccc21. The summed E-state index contributed by atoms with van der Waals surface area (Å²) in [6.07, 6.45) is 0. The zero-order valence-corrected chi connectivity index (χ0v) is 19.0. The molecule has 5 rings (SSSR count). The predicted molar refractivity (Wildman–Crippen MR) is 122 cm³/mol. The van der Waals surface area contributed by atoms with E-state index in [1.807, 2.05) is 24.3 Å². The molecule has 0 fully saturated rings. The molecule has 2 aliphatic rings. The van der Waals surface area contributed by atoms with Crippen molar-refractivity contribution >= 4 is 5.97 Å². The molecule has 0 bridgehead atoms. The summed E-state index contributed by atoms with van der Waals surface area (Å²) in [6.45, 7) is 13.1. The first kappa shape index (κ1) is 19.9. The summed E-state index contributed by atoms with van der Waals surface area (Å²) in [6, 6.07) is 20.2. The smallest absolute Gasteiger partial charge is 0.340 e. The van der Waals surface area contributed by atoms with Gasteiger partial charge in [0.05, 0.1) is 5.56 Å². The van der Waals surface area contributed by atoms with E-state index in [2.05, 4.69) is 77.9 Å². The van der Waals surface area contributed by atoms with E-state index < -0.39 is 5.60 Å². The fourth-order valence-corrected chi connectivity index (χ4v) is 4.61. The van der Waals surface area contributed by atoms with E-state index in [1.54, 1.807) is 0 Å². The molecule has 0 aliphatic carbocycles. The molecule has 0 atom stereocenters. The van der Waals surface area contributed by atoms with Crippen LogP contribution in [0, 0.1) is 0 Å². The maximum absolute atomic E-state index is 12.9. The van der Waals surface area contributed by atoms with E-state index in [0.29, 0.717) is 5.56 Å². The number of benzene rings is 3. The molecule has 2 aliphatic heterocycles. The third kappa shape index (κ3) is 2.83. The first-order chi connectivity index (χ1) is 14.5. The standard InChI is InChI=1S/C28H28O3/c1-26(2,3)17-11-13-21-23(15-17)30-24-16-18(27(4,5)6)12-14-22(24)28(21)20-10-8-7-9-19(20)25(29)31-28/h7-16H,1-6H3. The van der Waals surface area contributed by atoms with Gasteiger partial charge >= 0.3 is 5.97 Å². The highest BCUT2D eigenvalue weighted by Gasteiger charge is 2.53. The number of esters is 1. The Morgan fingerprint density at radius 1 is 0.677 bits per heavy atom. The van der Waals surface area contributed by atoms with Gasteiger partial charge in [-0.05, 0) is 40.2 Å². The lowest BCUT2D eigenvalue weighted by Crippen LogP contribution is -2.33. The van der Waals surface area contributed by atoms with Crippen LogP contribution in [-0.2, 0) is 21.2 Å². The Hall–Kier alpha value is -3.07. The van der Waals surface area contributed by atoms with E-state index in [1.165, 1.54) is 11.1 Å². The summed E-state index contributed by atoms with van der Waals surface area (Å²) in [4.78, 5) is 12.9. The van der Waals surface area contributed by atoms with Crippen LogP contribution in [0.1, 0.15) is 79.7 Å². The zero-order valence-electron chi connectivity index (χ0n) is 19.0. The number of rotatable bonds is 0. The molecular formula is C28H28O3. The molecule has 3 nitrogen and oxygen atoms in total. The van der Waals surface area contributed by atoms with Crippen LogP contribution in [0.4, 0.5) is 0 Å².